The van der Waals surface area contributed by atoms with Gasteiger partial charge in [0.25, 0.3) is 5.91 Å². The van der Waals surface area contributed by atoms with E-state index in [4.69, 9.17) is 4.74 Å². The van der Waals surface area contributed by atoms with E-state index < -0.39 is 0 Å². The highest BCUT2D eigenvalue weighted by Crippen LogP contribution is 2.35. The quantitative estimate of drug-likeness (QED) is 0.939. The van der Waals surface area contributed by atoms with Crippen LogP contribution in [0.2, 0.25) is 0 Å². The smallest absolute Gasteiger partial charge is 0.257 e. The van der Waals surface area contributed by atoms with Crippen LogP contribution in [0.15, 0.2) is 48.5 Å². The SMILES string of the molecule is CC(C)Oc1ccccc1C1Nc2ccccc2C(=O)N1C. The summed E-state index contributed by atoms with van der Waals surface area (Å²) in [7, 11) is 1.81. The topological polar surface area (TPSA) is 41.6 Å². The zero-order valence-electron chi connectivity index (χ0n) is 13.0. The molecule has 0 radical (unpaired) electrons. The van der Waals surface area contributed by atoms with Crippen molar-refractivity contribution in [2.75, 3.05) is 12.4 Å². The first-order valence-corrected chi connectivity index (χ1v) is 7.46. The summed E-state index contributed by atoms with van der Waals surface area (Å²) in [5.74, 6) is 0.813. The van der Waals surface area contributed by atoms with Crippen molar-refractivity contribution >= 4 is 11.6 Å². The Morgan fingerprint density at radius 2 is 1.77 bits per heavy atom. The van der Waals surface area contributed by atoms with Gasteiger partial charge in [0.2, 0.25) is 0 Å². The van der Waals surface area contributed by atoms with E-state index in [1.807, 2.05) is 69.4 Å². The molecule has 2 aromatic carbocycles. The lowest BCUT2D eigenvalue weighted by Gasteiger charge is -2.36. The maximum Gasteiger partial charge on any atom is 0.257 e. The number of carbonyl (C=O) groups excluding carboxylic acids is 1. The number of nitrogens with one attached hydrogen (secondary N) is 1. The first-order valence-electron chi connectivity index (χ1n) is 7.46. The van der Waals surface area contributed by atoms with Crippen molar-refractivity contribution in [2.45, 2.75) is 26.1 Å². The molecule has 4 heteroatoms. The van der Waals surface area contributed by atoms with Gasteiger partial charge in [0.05, 0.1) is 11.7 Å². The summed E-state index contributed by atoms with van der Waals surface area (Å²) >= 11 is 0. The number of fused-ring (bicyclic) bond motifs is 1. The van der Waals surface area contributed by atoms with Crippen LogP contribution in [-0.4, -0.2) is 24.0 Å². The number of carbonyl (C=O) groups is 1. The Bertz CT molecular complexity index is 697. The van der Waals surface area contributed by atoms with Gasteiger partial charge < -0.3 is 15.0 Å². The van der Waals surface area contributed by atoms with E-state index in [9.17, 15) is 4.79 Å². The van der Waals surface area contributed by atoms with Crippen LogP contribution in [0.1, 0.15) is 35.9 Å². The summed E-state index contributed by atoms with van der Waals surface area (Å²) in [5, 5.41) is 3.43. The second-order valence-electron chi connectivity index (χ2n) is 5.71. The van der Waals surface area contributed by atoms with Crippen molar-refractivity contribution in [2.24, 2.45) is 0 Å². The molecule has 1 aliphatic heterocycles. The lowest BCUT2D eigenvalue weighted by Crippen LogP contribution is -2.40. The van der Waals surface area contributed by atoms with Crippen LogP contribution in [0.5, 0.6) is 5.75 Å². The molecule has 0 aromatic heterocycles. The summed E-state index contributed by atoms with van der Waals surface area (Å²) in [6.45, 7) is 3.99. The predicted molar refractivity (Wildman–Crippen MR) is 87.1 cm³/mol. The number of hydrogen-bond donors (Lipinski definition) is 1. The first-order chi connectivity index (χ1) is 10.6. The van der Waals surface area contributed by atoms with Gasteiger partial charge in [-0.1, -0.05) is 30.3 Å². The average molecular weight is 296 g/mol. The minimum absolute atomic E-state index is 0.0127. The number of amides is 1. The van der Waals surface area contributed by atoms with Gasteiger partial charge in [0, 0.05) is 18.3 Å². The van der Waals surface area contributed by atoms with Gasteiger partial charge in [-0.15, -0.1) is 0 Å². The number of para-hydroxylation sites is 2. The molecule has 0 aliphatic carbocycles. The molecule has 22 heavy (non-hydrogen) atoms. The third kappa shape index (κ3) is 2.52. The summed E-state index contributed by atoms with van der Waals surface area (Å²) in [5.41, 5.74) is 2.51. The molecule has 4 nitrogen and oxygen atoms in total. The number of nitrogens with zero attached hydrogens (tertiary/aromatic N) is 1. The Balaban J connectivity index is 2.01. The highest BCUT2D eigenvalue weighted by molar-refractivity contribution is 6.01. The van der Waals surface area contributed by atoms with Crippen molar-refractivity contribution in [1.82, 2.24) is 4.90 Å². The van der Waals surface area contributed by atoms with Gasteiger partial charge >= 0.3 is 0 Å². The highest BCUT2D eigenvalue weighted by Gasteiger charge is 2.31. The summed E-state index contributed by atoms with van der Waals surface area (Å²) in [6, 6.07) is 15.4. The Morgan fingerprint density at radius 3 is 2.55 bits per heavy atom. The van der Waals surface area contributed by atoms with Crippen molar-refractivity contribution < 1.29 is 9.53 Å². The predicted octanol–water partition coefficient (Wildman–Crippen LogP) is 3.67. The maximum absolute atomic E-state index is 12.6. The van der Waals surface area contributed by atoms with Crippen LogP contribution in [0, 0.1) is 0 Å². The molecule has 3 rings (SSSR count). The summed E-state index contributed by atoms with van der Waals surface area (Å²) in [4.78, 5) is 14.3. The second-order valence-corrected chi connectivity index (χ2v) is 5.71. The molecule has 1 aliphatic rings. The van der Waals surface area contributed by atoms with Crippen LogP contribution < -0.4 is 10.1 Å². The zero-order valence-corrected chi connectivity index (χ0v) is 13.0. The van der Waals surface area contributed by atoms with Crippen molar-refractivity contribution in [3.8, 4) is 5.75 Å². The Hall–Kier alpha value is -2.49. The molecule has 0 spiro atoms. The molecule has 1 amide bonds. The lowest BCUT2D eigenvalue weighted by molar-refractivity contribution is 0.0732. The van der Waals surface area contributed by atoms with Crippen LogP contribution in [0.4, 0.5) is 5.69 Å². The lowest BCUT2D eigenvalue weighted by atomic mass is 10.0. The van der Waals surface area contributed by atoms with Crippen molar-refractivity contribution in [3.63, 3.8) is 0 Å². The Morgan fingerprint density at radius 1 is 1.09 bits per heavy atom. The molecular formula is C18H20N2O2. The van der Waals surface area contributed by atoms with E-state index >= 15 is 0 Å². The molecule has 1 unspecified atom stereocenters. The largest absolute Gasteiger partial charge is 0.491 e. The van der Waals surface area contributed by atoms with Crippen molar-refractivity contribution in [1.29, 1.82) is 0 Å². The van der Waals surface area contributed by atoms with E-state index in [2.05, 4.69) is 5.32 Å². The van der Waals surface area contributed by atoms with Gasteiger partial charge in [-0.3, -0.25) is 4.79 Å². The van der Waals surface area contributed by atoms with E-state index in [1.54, 1.807) is 4.90 Å². The first kappa shape index (κ1) is 14.4. The summed E-state index contributed by atoms with van der Waals surface area (Å²) in [6.07, 6.45) is -0.157. The van der Waals surface area contributed by atoms with Crippen LogP contribution >= 0.6 is 0 Å². The van der Waals surface area contributed by atoms with E-state index in [0.717, 1.165) is 17.0 Å². The second kappa shape index (κ2) is 5.72. The van der Waals surface area contributed by atoms with E-state index in [0.29, 0.717) is 5.56 Å². The summed E-state index contributed by atoms with van der Waals surface area (Å²) < 4.78 is 5.89. The number of anilines is 1. The molecule has 1 heterocycles. The van der Waals surface area contributed by atoms with Gasteiger partial charge in [0.15, 0.2) is 0 Å². The molecule has 1 atom stereocenters. The monoisotopic (exact) mass is 296 g/mol. The fourth-order valence-electron chi connectivity index (χ4n) is 2.70. The molecule has 114 valence electrons. The molecule has 0 bridgehead atoms. The van der Waals surface area contributed by atoms with E-state index in [-0.39, 0.29) is 18.2 Å². The third-order valence-electron chi connectivity index (χ3n) is 3.73. The number of ether oxygens (including phenoxy) is 1. The molecule has 1 N–H and O–H groups in total. The highest BCUT2D eigenvalue weighted by atomic mass is 16.5. The standard InChI is InChI=1S/C18H20N2O2/c1-12(2)22-16-11-7-5-9-14(16)17-19-15-10-6-4-8-13(15)18(21)20(17)3/h4-12,17,19H,1-3H3. The van der Waals surface area contributed by atoms with Crippen LogP contribution in [-0.2, 0) is 0 Å². The minimum atomic E-state index is -0.239. The molecule has 2 aromatic rings. The van der Waals surface area contributed by atoms with E-state index in [1.165, 1.54) is 0 Å². The van der Waals surface area contributed by atoms with Gasteiger partial charge in [0.1, 0.15) is 11.9 Å². The number of rotatable bonds is 3. The minimum Gasteiger partial charge on any atom is -0.491 e. The van der Waals surface area contributed by atoms with Gasteiger partial charge in [-0.25, -0.2) is 0 Å². The maximum atomic E-state index is 12.6. The molecular weight excluding hydrogens is 276 g/mol. The normalized spacial score (nSPS) is 17.2. The molecule has 0 saturated heterocycles. The zero-order chi connectivity index (χ0) is 15.7. The molecule has 0 saturated carbocycles. The van der Waals surface area contributed by atoms with Crippen LogP contribution in [0.25, 0.3) is 0 Å². The fraction of sp³-hybridized carbons (Fsp3) is 0.278. The van der Waals surface area contributed by atoms with Gasteiger partial charge in [-0.2, -0.15) is 0 Å². The fourth-order valence-corrected chi connectivity index (χ4v) is 2.70. The van der Waals surface area contributed by atoms with Crippen LogP contribution in [0.3, 0.4) is 0 Å². The number of benzene rings is 2. The Labute approximate surface area is 130 Å². The number of hydrogen-bond acceptors (Lipinski definition) is 3. The third-order valence-corrected chi connectivity index (χ3v) is 3.73. The average Bonchev–Trinajstić information content (AvgIpc) is 2.51. The Kier molecular flexibility index (Phi) is 3.75. The van der Waals surface area contributed by atoms with Gasteiger partial charge in [-0.05, 0) is 32.0 Å². The van der Waals surface area contributed by atoms with Crippen molar-refractivity contribution in [3.05, 3.63) is 59.7 Å². The molecule has 0 fully saturated rings.